The highest BCUT2D eigenvalue weighted by Crippen LogP contribution is 2.17. The molecule has 0 unspecified atom stereocenters. The van der Waals surface area contributed by atoms with Gasteiger partial charge in [0.05, 0.1) is 5.75 Å². The first kappa shape index (κ1) is 16.0. The van der Waals surface area contributed by atoms with E-state index in [-0.39, 0.29) is 11.7 Å². The van der Waals surface area contributed by atoms with E-state index in [1.165, 1.54) is 11.8 Å². The van der Waals surface area contributed by atoms with E-state index >= 15 is 0 Å². The fourth-order valence-electron chi connectivity index (χ4n) is 1.46. The molecule has 0 atom stereocenters. The van der Waals surface area contributed by atoms with Crippen molar-refractivity contribution in [3.63, 3.8) is 0 Å². The molecular weight excluding hydrogens is 330 g/mol. The molecule has 0 saturated heterocycles. The van der Waals surface area contributed by atoms with Gasteiger partial charge in [-0.1, -0.05) is 34.1 Å². The Labute approximate surface area is 125 Å². The van der Waals surface area contributed by atoms with Crippen molar-refractivity contribution in [2.75, 3.05) is 18.1 Å². The molecule has 1 amide bonds. The largest absolute Gasteiger partial charge is 0.481 e. The molecule has 1 aromatic carbocycles. The van der Waals surface area contributed by atoms with Crippen molar-refractivity contribution in [3.05, 3.63) is 34.3 Å². The predicted molar refractivity (Wildman–Crippen MR) is 80.4 cm³/mol. The zero-order chi connectivity index (χ0) is 14.1. The van der Waals surface area contributed by atoms with E-state index in [0.29, 0.717) is 25.1 Å². The standard InChI is InChI=1S/C13H16BrNO3S/c14-11-4-2-1-3-10(11)5-6-12(16)15-7-8-19-9-13(17)18/h1-4H,5-9H2,(H,15,16)(H,17,18). The minimum Gasteiger partial charge on any atom is -0.481 e. The van der Waals surface area contributed by atoms with Gasteiger partial charge in [0.25, 0.3) is 0 Å². The maximum Gasteiger partial charge on any atom is 0.313 e. The van der Waals surface area contributed by atoms with E-state index < -0.39 is 5.97 Å². The number of aliphatic carboxylic acids is 1. The summed E-state index contributed by atoms with van der Waals surface area (Å²) in [6.45, 7) is 0.507. The third kappa shape index (κ3) is 7.22. The lowest BCUT2D eigenvalue weighted by molar-refractivity contribution is -0.133. The summed E-state index contributed by atoms with van der Waals surface area (Å²) >= 11 is 4.74. The zero-order valence-corrected chi connectivity index (χ0v) is 12.8. The second-order valence-electron chi connectivity index (χ2n) is 3.89. The highest BCUT2D eigenvalue weighted by Gasteiger charge is 2.04. The van der Waals surface area contributed by atoms with Gasteiger partial charge in [-0.15, -0.1) is 11.8 Å². The maximum absolute atomic E-state index is 11.6. The topological polar surface area (TPSA) is 66.4 Å². The lowest BCUT2D eigenvalue weighted by Gasteiger charge is -2.06. The lowest BCUT2D eigenvalue weighted by atomic mass is 10.1. The minimum atomic E-state index is -0.828. The zero-order valence-electron chi connectivity index (χ0n) is 10.4. The van der Waals surface area contributed by atoms with E-state index in [1.807, 2.05) is 24.3 Å². The smallest absolute Gasteiger partial charge is 0.313 e. The number of nitrogens with one attached hydrogen (secondary N) is 1. The molecule has 0 spiro atoms. The number of thioether (sulfide) groups is 1. The molecule has 0 aliphatic heterocycles. The number of carbonyl (C=O) groups excluding carboxylic acids is 1. The van der Waals surface area contributed by atoms with E-state index in [1.54, 1.807) is 0 Å². The van der Waals surface area contributed by atoms with Crippen molar-refractivity contribution in [1.82, 2.24) is 5.32 Å². The Morgan fingerprint density at radius 3 is 2.74 bits per heavy atom. The van der Waals surface area contributed by atoms with Crippen LogP contribution in [0, 0.1) is 0 Å². The molecule has 1 aromatic rings. The van der Waals surface area contributed by atoms with Gasteiger partial charge in [0.2, 0.25) is 5.91 Å². The molecular formula is C13H16BrNO3S. The number of carboxylic acids is 1. The molecule has 0 aliphatic carbocycles. The van der Waals surface area contributed by atoms with Crippen molar-refractivity contribution in [2.45, 2.75) is 12.8 Å². The molecule has 4 nitrogen and oxygen atoms in total. The van der Waals surface area contributed by atoms with Crippen LogP contribution < -0.4 is 5.32 Å². The van der Waals surface area contributed by atoms with Crippen molar-refractivity contribution in [2.24, 2.45) is 0 Å². The van der Waals surface area contributed by atoms with Gasteiger partial charge in [0, 0.05) is 23.2 Å². The Morgan fingerprint density at radius 2 is 2.05 bits per heavy atom. The van der Waals surface area contributed by atoms with Gasteiger partial charge in [-0.2, -0.15) is 0 Å². The first-order valence-corrected chi connectivity index (χ1v) is 7.84. The number of hydrogen-bond acceptors (Lipinski definition) is 3. The van der Waals surface area contributed by atoms with Crippen molar-refractivity contribution in [1.29, 1.82) is 0 Å². The third-order valence-corrected chi connectivity index (χ3v) is 4.09. The Kier molecular flexibility index (Phi) is 7.59. The van der Waals surface area contributed by atoms with Gasteiger partial charge in [-0.3, -0.25) is 9.59 Å². The number of benzene rings is 1. The molecule has 0 heterocycles. The summed E-state index contributed by atoms with van der Waals surface area (Å²) in [6.07, 6.45) is 1.13. The van der Waals surface area contributed by atoms with Gasteiger partial charge < -0.3 is 10.4 Å². The van der Waals surface area contributed by atoms with E-state index in [2.05, 4.69) is 21.2 Å². The molecule has 104 valence electrons. The molecule has 1 rings (SSSR count). The summed E-state index contributed by atoms with van der Waals surface area (Å²) < 4.78 is 1.01. The van der Waals surface area contributed by atoms with Gasteiger partial charge in [0.1, 0.15) is 0 Å². The van der Waals surface area contributed by atoms with Crippen LogP contribution in [0.4, 0.5) is 0 Å². The maximum atomic E-state index is 11.6. The molecule has 0 radical (unpaired) electrons. The Morgan fingerprint density at radius 1 is 1.32 bits per heavy atom. The number of carboxylic acid groups (broad SMARTS) is 1. The van der Waals surface area contributed by atoms with Crippen molar-refractivity contribution >= 4 is 39.6 Å². The average molecular weight is 346 g/mol. The number of halogens is 1. The van der Waals surface area contributed by atoms with Crippen molar-refractivity contribution < 1.29 is 14.7 Å². The number of aryl methyl sites for hydroxylation is 1. The molecule has 0 fully saturated rings. The average Bonchev–Trinajstić information content (AvgIpc) is 2.37. The summed E-state index contributed by atoms with van der Waals surface area (Å²) in [7, 11) is 0. The Bertz CT molecular complexity index is 440. The highest BCUT2D eigenvalue weighted by molar-refractivity contribution is 9.10. The first-order valence-electron chi connectivity index (χ1n) is 5.89. The van der Waals surface area contributed by atoms with E-state index in [4.69, 9.17) is 5.11 Å². The van der Waals surface area contributed by atoms with Crippen LogP contribution >= 0.6 is 27.7 Å². The SMILES string of the molecule is O=C(O)CSCCNC(=O)CCc1ccccc1Br. The van der Waals surface area contributed by atoms with Crippen LogP contribution in [-0.2, 0) is 16.0 Å². The summed E-state index contributed by atoms with van der Waals surface area (Å²) in [6, 6.07) is 7.82. The van der Waals surface area contributed by atoms with Crippen LogP contribution in [0.25, 0.3) is 0 Å². The fraction of sp³-hybridized carbons (Fsp3) is 0.385. The van der Waals surface area contributed by atoms with E-state index in [9.17, 15) is 9.59 Å². The normalized spacial score (nSPS) is 10.2. The predicted octanol–water partition coefficient (Wildman–Crippen LogP) is 2.32. The van der Waals surface area contributed by atoms with Gasteiger partial charge in [-0.05, 0) is 18.1 Å². The van der Waals surface area contributed by atoms with Crippen LogP contribution in [0.15, 0.2) is 28.7 Å². The molecule has 0 aromatic heterocycles. The van der Waals surface area contributed by atoms with Crippen molar-refractivity contribution in [3.8, 4) is 0 Å². The van der Waals surface area contributed by atoms with Crippen LogP contribution in [0.5, 0.6) is 0 Å². The molecule has 19 heavy (non-hydrogen) atoms. The summed E-state index contributed by atoms with van der Waals surface area (Å²) in [5.41, 5.74) is 1.11. The molecule has 2 N–H and O–H groups in total. The molecule has 6 heteroatoms. The van der Waals surface area contributed by atoms with Crippen LogP contribution in [0.2, 0.25) is 0 Å². The second-order valence-corrected chi connectivity index (χ2v) is 5.85. The van der Waals surface area contributed by atoms with Gasteiger partial charge in [0.15, 0.2) is 0 Å². The van der Waals surface area contributed by atoms with Gasteiger partial charge in [-0.25, -0.2) is 0 Å². The van der Waals surface area contributed by atoms with Crippen LogP contribution in [0.3, 0.4) is 0 Å². The Hall–Kier alpha value is -1.01. The number of carbonyl (C=O) groups is 2. The third-order valence-electron chi connectivity index (χ3n) is 2.37. The van der Waals surface area contributed by atoms with Crippen LogP contribution in [-0.4, -0.2) is 35.0 Å². The molecule has 0 aliphatic rings. The number of hydrogen-bond donors (Lipinski definition) is 2. The summed E-state index contributed by atoms with van der Waals surface area (Å²) in [4.78, 5) is 21.8. The first-order chi connectivity index (χ1) is 9.09. The monoisotopic (exact) mass is 345 g/mol. The Balaban J connectivity index is 2.15. The van der Waals surface area contributed by atoms with Gasteiger partial charge >= 0.3 is 5.97 Å². The summed E-state index contributed by atoms with van der Waals surface area (Å²) in [5, 5.41) is 11.2. The van der Waals surface area contributed by atoms with Crippen LogP contribution in [0.1, 0.15) is 12.0 Å². The summed E-state index contributed by atoms with van der Waals surface area (Å²) in [5.74, 6) is -0.142. The quantitative estimate of drug-likeness (QED) is 0.709. The number of amides is 1. The highest BCUT2D eigenvalue weighted by atomic mass is 79.9. The number of rotatable bonds is 8. The second kappa shape index (κ2) is 8.98. The minimum absolute atomic E-state index is 0.00771. The fourth-order valence-corrected chi connectivity index (χ4v) is 2.51. The molecule has 0 bridgehead atoms. The van der Waals surface area contributed by atoms with E-state index in [0.717, 1.165) is 10.0 Å². The molecule has 0 saturated carbocycles. The lowest BCUT2D eigenvalue weighted by Crippen LogP contribution is -2.26.